The van der Waals surface area contributed by atoms with Gasteiger partial charge >= 0.3 is 14.5 Å². The van der Waals surface area contributed by atoms with Crippen molar-refractivity contribution in [2.75, 3.05) is 0 Å². The zero-order valence-corrected chi connectivity index (χ0v) is 21.6. The van der Waals surface area contributed by atoms with E-state index in [2.05, 4.69) is 83.1 Å². The molecule has 0 aliphatic heterocycles. The maximum Gasteiger partial charge on any atom is 0.673 e. The highest BCUT2D eigenvalue weighted by molar-refractivity contribution is 7.42. The number of rotatable bonds is 0. The molecule has 0 saturated carbocycles. The van der Waals surface area contributed by atoms with Gasteiger partial charge in [-0.05, 0) is 100 Å². The first-order valence-electron chi connectivity index (χ1n) is 8.90. The SMILES string of the molecule is CC(C)(C)[PH2+]C(C)(C)C.CC(C)(C)[PH2+]C(C)(C)C.F[B-](F)(F)F.F[B-](F)(F)F. The molecular formula is C16H40B2F8P2. The summed E-state index contributed by atoms with van der Waals surface area (Å²) in [6.45, 7) is 27.9. The zero-order valence-electron chi connectivity index (χ0n) is 19.3. The van der Waals surface area contributed by atoms with Crippen LogP contribution in [0, 0.1) is 0 Å². The minimum Gasteiger partial charge on any atom is -0.418 e. The van der Waals surface area contributed by atoms with E-state index in [1.807, 2.05) is 0 Å². The summed E-state index contributed by atoms with van der Waals surface area (Å²) in [6.07, 6.45) is 0. The van der Waals surface area contributed by atoms with Gasteiger partial charge < -0.3 is 34.5 Å². The van der Waals surface area contributed by atoms with Crippen LogP contribution in [-0.4, -0.2) is 35.1 Å². The summed E-state index contributed by atoms with van der Waals surface area (Å²) in [7, 11) is -10.9. The molecule has 0 spiro atoms. The van der Waals surface area contributed by atoms with Crippen LogP contribution in [0.15, 0.2) is 0 Å². The van der Waals surface area contributed by atoms with Crippen LogP contribution in [0.25, 0.3) is 0 Å². The highest BCUT2D eigenvalue weighted by Crippen LogP contribution is 2.42. The van der Waals surface area contributed by atoms with Gasteiger partial charge in [-0.1, -0.05) is 0 Å². The lowest BCUT2D eigenvalue weighted by atomic mass is 10.2. The van der Waals surface area contributed by atoms with Gasteiger partial charge in [0.2, 0.25) is 0 Å². The van der Waals surface area contributed by atoms with Gasteiger partial charge in [0.15, 0.2) is 0 Å². The molecule has 0 aliphatic carbocycles. The second-order valence-corrected chi connectivity index (χ2v) is 18.2. The van der Waals surface area contributed by atoms with Crippen molar-refractivity contribution in [2.45, 2.75) is 104 Å². The fourth-order valence-electron chi connectivity index (χ4n) is 2.60. The molecule has 0 rings (SSSR count). The minimum atomic E-state index is -6.00. The Bertz CT molecular complexity index is 310. The molecule has 0 amide bonds. The molecule has 0 saturated heterocycles. The van der Waals surface area contributed by atoms with Crippen LogP contribution >= 0.6 is 17.2 Å². The van der Waals surface area contributed by atoms with Crippen LogP contribution in [0.1, 0.15) is 83.1 Å². The Kier molecular flexibility index (Phi) is 16.6. The first-order valence-corrected chi connectivity index (χ1v) is 11.2. The van der Waals surface area contributed by atoms with Gasteiger partial charge in [0.1, 0.15) is 0 Å². The van der Waals surface area contributed by atoms with Crippen molar-refractivity contribution in [3.63, 3.8) is 0 Å². The maximum atomic E-state index is 9.75. The van der Waals surface area contributed by atoms with Crippen molar-refractivity contribution in [3.8, 4) is 0 Å². The summed E-state index contributed by atoms with van der Waals surface area (Å²) in [5, 5.41) is 2.27. The van der Waals surface area contributed by atoms with Crippen LogP contribution in [0.5, 0.6) is 0 Å². The van der Waals surface area contributed by atoms with Crippen molar-refractivity contribution in [2.24, 2.45) is 0 Å². The van der Waals surface area contributed by atoms with E-state index < -0.39 is 14.5 Å². The summed E-state index contributed by atoms with van der Waals surface area (Å²) in [4.78, 5) is 0. The van der Waals surface area contributed by atoms with Gasteiger partial charge in [-0.15, -0.1) is 0 Å². The Balaban J connectivity index is -0.000000143. The molecule has 0 aromatic heterocycles. The Morgan fingerprint density at radius 1 is 0.357 bits per heavy atom. The summed E-state index contributed by atoms with van der Waals surface area (Å²) in [5.74, 6) is 0. The smallest absolute Gasteiger partial charge is 0.418 e. The van der Waals surface area contributed by atoms with Crippen molar-refractivity contribution in [1.29, 1.82) is 0 Å². The molecule has 0 fully saturated rings. The fourth-order valence-corrected chi connectivity index (χ4v) is 7.79. The minimum absolute atomic E-state index is 0.568. The van der Waals surface area contributed by atoms with Gasteiger partial charge in [-0.3, -0.25) is 0 Å². The summed E-state index contributed by atoms with van der Waals surface area (Å²) in [6, 6.07) is 0. The van der Waals surface area contributed by atoms with E-state index in [-0.39, 0.29) is 0 Å². The topological polar surface area (TPSA) is 0 Å². The van der Waals surface area contributed by atoms with Crippen LogP contribution in [0.4, 0.5) is 34.5 Å². The predicted molar refractivity (Wildman–Crippen MR) is 119 cm³/mol. The monoisotopic (exact) mass is 468 g/mol. The fraction of sp³-hybridized carbons (Fsp3) is 1.00. The van der Waals surface area contributed by atoms with Crippen molar-refractivity contribution in [1.82, 2.24) is 0 Å². The van der Waals surface area contributed by atoms with E-state index in [0.717, 1.165) is 0 Å². The van der Waals surface area contributed by atoms with Crippen LogP contribution in [0.2, 0.25) is 0 Å². The van der Waals surface area contributed by atoms with Crippen LogP contribution < -0.4 is 0 Å². The third-order valence-corrected chi connectivity index (χ3v) is 5.20. The van der Waals surface area contributed by atoms with Crippen LogP contribution in [0.3, 0.4) is 0 Å². The van der Waals surface area contributed by atoms with Crippen molar-refractivity contribution >= 4 is 31.7 Å². The standard InChI is InChI=1S/2C8H19P.2BF4/c2*1-7(2,3)9-8(4,5)6;2*2-1(3,4)5/h2*9H,1-6H3;;/q;;2*-1/p+2. The lowest BCUT2D eigenvalue weighted by Gasteiger charge is -2.21. The summed E-state index contributed by atoms with van der Waals surface area (Å²) < 4.78 is 78.0. The average Bonchev–Trinajstić information content (AvgIpc) is 1.95. The van der Waals surface area contributed by atoms with E-state index >= 15 is 0 Å². The quantitative estimate of drug-likeness (QED) is 0.190. The van der Waals surface area contributed by atoms with E-state index in [1.165, 1.54) is 0 Å². The lowest BCUT2D eigenvalue weighted by molar-refractivity contribution is 0.366. The normalized spacial score (nSPS) is 13.3. The van der Waals surface area contributed by atoms with Gasteiger partial charge in [0, 0.05) is 0 Å². The van der Waals surface area contributed by atoms with Gasteiger partial charge in [-0.2, -0.15) is 0 Å². The first-order chi connectivity index (χ1) is 11.4. The lowest BCUT2D eigenvalue weighted by Crippen LogP contribution is -2.16. The molecule has 0 heterocycles. The van der Waals surface area contributed by atoms with E-state index in [0.29, 0.717) is 37.8 Å². The molecule has 0 aromatic rings. The largest absolute Gasteiger partial charge is 0.673 e. The average molecular weight is 468 g/mol. The molecule has 0 N–H and O–H groups in total. The summed E-state index contributed by atoms with van der Waals surface area (Å²) in [5.41, 5.74) is 0. The molecule has 0 atom stereocenters. The van der Waals surface area contributed by atoms with Gasteiger partial charge in [0.25, 0.3) is 0 Å². The van der Waals surface area contributed by atoms with E-state index in [1.54, 1.807) is 0 Å². The Morgan fingerprint density at radius 2 is 0.429 bits per heavy atom. The van der Waals surface area contributed by atoms with Crippen molar-refractivity contribution in [3.05, 3.63) is 0 Å². The van der Waals surface area contributed by atoms with Gasteiger partial charge in [-0.25, -0.2) is 0 Å². The second kappa shape index (κ2) is 13.0. The first kappa shape index (κ1) is 35.8. The maximum absolute atomic E-state index is 9.75. The Morgan fingerprint density at radius 3 is 0.429 bits per heavy atom. The second-order valence-electron chi connectivity index (χ2n) is 10.7. The molecular weight excluding hydrogens is 428 g/mol. The molecule has 0 unspecified atom stereocenters. The molecule has 0 aromatic carbocycles. The van der Waals surface area contributed by atoms with Crippen LogP contribution in [-0.2, 0) is 0 Å². The third kappa shape index (κ3) is 111. The molecule has 0 radical (unpaired) electrons. The highest BCUT2D eigenvalue weighted by atomic mass is 31.1. The third-order valence-electron chi connectivity index (χ3n) is 1.73. The zero-order chi connectivity index (χ0) is 24.4. The molecule has 12 heteroatoms. The van der Waals surface area contributed by atoms with E-state index in [4.69, 9.17) is 0 Å². The van der Waals surface area contributed by atoms with Gasteiger partial charge in [0.05, 0.1) is 20.6 Å². The highest BCUT2D eigenvalue weighted by Gasteiger charge is 2.28. The molecule has 0 aliphatic rings. The number of hydrogen-bond acceptors (Lipinski definition) is 0. The molecule has 0 nitrogen and oxygen atoms in total. The Hall–Kier alpha value is 0.430. The number of halogens is 8. The molecule has 28 heavy (non-hydrogen) atoms. The number of hydrogen-bond donors (Lipinski definition) is 0. The molecule has 176 valence electrons. The van der Waals surface area contributed by atoms with Crippen molar-refractivity contribution < 1.29 is 34.5 Å². The Labute approximate surface area is 170 Å². The van der Waals surface area contributed by atoms with E-state index in [9.17, 15) is 34.5 Å². The molecule has 0 bridgehead atoms. The predicted octanol–water partition coefficient (Wildman–Crippen LogP) is 8.59. The summed E-state index contributed by atoms with van der Waals surface area (Å²) >= 11 is 0.